The molecule has 4 rings (SSSR count). The van der Waals surface area contributed by atoms with Crippen LogP contribution >= 0.6 is 0 Å². The summed E-state index contributed by atoms with van der Waals surface area (Å²) in [7, 11) is 3.19. The number of aromatic hydroxyl groups is 1. The molecule has 2 fully saturated rings. The van der Waals surface area contributed by atoms with Gasteiger partial charge < -0.3 is 36.4 Å². The normalized spacial score (nSPS) is 35.4. The van der Waals surface area contributed by atoms with Crippen LogP contribution in [0.2, 0.25) is 0 Å². The summed E-state index contributed by atoms with van der Waals surface area (Å²) >= 11 is 0. The predicted octanol–water partition coefficient (Wildman–Crippen LogP) is -1.25. The van der Waals surface area contributed by atoms with Gasteiger partial charge in [-0.3, -0.25) is 14.4 Å². The molecule has 0 aromatic heterocycles. The summed E-state index contributed by atoms with van der Waals surface area (Å²) in [5.74, 6) is -7.07. The molecule has 1 amide bonds. The van der Waals surface area contributed by atoms with E-state index in [1.165, 1.54) is 11.0 Å². The molecule has 2 unspecified atom stereocenters. The number of hydrogen-bond acceptors (Lipinski definition) is 9. The minimum atomic E-state index is -2.66. The molecule has 0 saturated heterocycles. The number of carbonyl (C=O) groups excluding carboxylic acids is 3. The number of nitrogens with zero attached hydrogens (tertiary/aromatic N) is 1. The topological polar surface area (TPSA) is 173 Å². The molecule has 1 aromatic carbocycles. The van der Waals surface area contributed by atoms with E-state index in [0.29, 0.717) is 5.69 Å². The summed E-state index contributed by atoms with van der Waals surface area (Å²) < 4.78 is 0. The van der Waals surface area contributed by atoms with E-state index >= 15 is 0 Å². The Labute approximate surface area is 171 Å². The van der Waals surface area contributed by atoms with Crippen molar-refractivity contribution in [1.82, 2.24) is 4.90 Å². The lowest BCUT2D eigenvalue weighted by Crippen LogP contribution is -2.74. The number of anilines is 1. The number of nitrogens with one attached hydrogen (secondary N) is 1. The first-order valence-corrected chi connectivity index (χ1v) is 9.49. The molecule has 2 aliphatic carbocycles. The van der Waals surface area contributed by atoms with E-state index in [-0.39, 0.29) is 23.3 Å². The van der Waals surface area contributed by atoms with E-state index in [1.807, 2.05) is 0 Å². The first kappa shape index (κ1) is 20.3. The van der Waals surface area contributed by atoms with Crippen molar-refractivity contribution in [2.24, 2.45) is 17.6 Å². The van der Waals surface area contributed by atoms with Gasteiger partial charge in [-0.2, -0.15) is 0 Å². The Morgan fingerprint density at radius 2 is 1.93 bits per heavy atom. The maximum Gasteiger partial charge on any atom is 0.230 e. The van der Waals surface area contributed by atoms with E-state index in [1.54, 1.807) is 26.2 Å². The lowest BCUT2D eigenvalue weighted by atomic mass is 9.56. The second kappa shape index (κ2) is 6.53. The van der Waals surface area contributed by atoms with Crippen LogP contribution in [0.25, 0.3) is 5.76 Å². The zero-order chi connectivity index (χ0) is 22.1. The maximum atomic E-state index is 13.4. The van der Waals surface area contributed by atoms with Gasteiger partial charge in [0.25, 0.3) is 0 Å². The van der Waals surface area contributed by atoms with Gasteiger partial charge in [-0.25, -0.2) is 0 Å². The third-order valence-corrected chi connectivity index (χ3v) is 6.49. The van der Waals surface area contributed by atoms with Crippen molar-refractivity contribution in [2.75, 3.05) is 19.4 Å². The second-order valence-electron chi connectivity index (χ2n) is 8.29. The average Bonchev–Trinajstić information content (AvgIpc) is 2.64. The number of amides is 1. The molecule has 0 spiro atoms. The van der Waals surface area contributed by atoms with Gasteiger partial charge >= 0.3 is 0 Å². The number of aliphatic hydroxyl groups is 3. The zero-order valence-corrected chi connectivity index (χ0v) is 16.4. The molecule has 1 heterocycles. The number of likely N-dealkylation sites (N-methyl/N-ethyl adjacent to an activating group) is 1. The Kier molecular flexibility index (Phi) is 4.42. The highest BCUT2D eigenvalue weighted by molar-refractivity contribution is 6.25. The van der Waals surface area contributed by atoms with Gasteiger partial charge in [0, 0.05) is 17.6 Å². The quantitative estimate of drug-likeness (QED) is 0.321. The lowest BCUT2D eigenvalue weighted by molar-refractivity contribution is -0.182. The molecule has 3 aliphatic rings. The summed E-state index contributed by atoms with van der Waals surface area (Å²) in [6.07, 6.45) is -1.50. The van der Waals surface area contributed by atoms with E-state index in [9.17, 15) is 34.8 Å². The fraction of sp³-hybridized carbons (Fsp3) is 0.450. The highest BCUT2D eigenvalue weighted by Gasteiger charge is 2.67. The Morgan fingerprint density at radius 1 is 1.27 bits per heavy atom. The Balaban J connectivity index is 1.92. The molecular formula is C20H23N3O7. The molecule has 6 atom stereocenters. The molecule has 1 aliphatic heterocycles. The van der Waals surface area contributed by atoms with Crippen LogP contribution in [0.15, 0.2) is 23.8 Å². The minimum absolute atomic E-state index is 0.00780. The number of hydrogen-bond donors (Lipinski definition) is 6. The van der Waals surface area contributed by atoms with Crippen molar-refractivity contribution in [3.8, 4) is 5.75 Å². The molecule has 10 heteroatoms. The number of ketones is 2. The fourth-order valence-electron chi connectivity index (χ4n) is 5.18. The van der Waals surface area contributed by atoms with E-state index in [4.69, 9.17) is 5.73 Å². The van der Waals surface area contributed by atoms with Crippen LogP contribution in [-0.4, -0.2) is 80.7 Å². The molecule has 0 radical (unpaired) electrons. The van der Waals surface area contributed by atoms with E-state index in [0.717, 1.165) is 0 Å². The van der Waals surface area contributed by atoms with Crippen LogP contribution in [-0.2, 0) is 14.4 Å². The van der Waals surface area contributed by atoms with Crippen LogP contribution in [0.4, 0.5) is 5.69 Å². The maximum absolute atomic E-state index is 13.4. The highest BCUT2D eigenvalue weighted by Crippen LogP contribution is 2.50. The standard InChI is InChI=1S/C20H23N3O7/c1-23(2)14-7-6-9-12(15(25)11-8(22-9)4-3-5-10(11)24)17(27)20(7,30)18(28)13(16(14)26)19(21)29/h3-5,7,9,13-14,16,22,24-26,30H,6H2,1-2H3,(H2,21,29)/t7-,9-,13?,14-,16?,20-/m0/s1. The van der Waals surface area contributed by atoms with Crippen LogP contribution in [0.1, 0.15) is 12.0 Å². The number of Topliss-reactive ketones (excluding diaryl/α,β-unsaturated/α-hetero) is 2. The molecule has 10 nitrogen and oxygen atoms in total. The third-order valence-electron chi connectivity index (χ3n) is 6.49. The van der Waals surface area contributed by atoms with Crippen molar-refractivity contribution in [3.05, 3.63) is 29.3 Å². The van der Waals surface area contributed by atoms with Crippen LogP contribution < -0.4 is 11.1 Å². The molecular weight excluding hydrogens is 394 g/mol. The van der Waals surface area contributed by atoms with Gasteiger partial charge in [-0.15, -0.1) is 0 Å². The smallest absolute Gasteiger partial charge is 0.230 e. The van der Waals surface area contributed by atoms with E-state index < -0.39 is 58.9 Å². The first-order chi connectivity index (χ1) is 14.0. The fourth-order valence-corrected chi connectivity index (χ4v) is 5.18. The largest absolute Gasteiger partial charge is 0.507 e. The second-order valence-corrected chi connectivity index (χ2v) is 8.29. The summed E-state index contributed by atoms with van der Waals surface area (Å²) in [6.45, 7) is 0. The molecule has 1 aromatic rings. The molecule has 0 bridgehead atoms. The number of aliphatic hydroxyl groups excluding tert-OH is 2. The molecule has 30 heavy (non-hydrogen) atoms. The summed E-state index contributed by atoms with van der Waals surface area (Å²) in [5.41, 5.74) is 2.77. The summed E-state index contributed by atoms with van der Waals surface area (Å²) in [6, 6.07) is 2.81. The minimum Gasteiger partial charge on any atom is -0.507 e. The van der Waals surface area contributed by atoms with Crippen molar-refractivity contribution in [3.63, 3.8) is 0 Å². The number of benzene rings is 1. The summed E-state index contributed by atoms with van der Waals surface area (Å²) in [5, 5.41) is 46.1. The van der Waals surface area contributed by atoms with Gasteiger partial charge in [0.05, 0.1) is 23.3 Å². The Hall–Kier alpha value is -2.95. The van der Waals surface area contributed by atoms with Crippen molar-refractivity contribution in [1.29, 1.82) is 0 Å². The zero-order valence-electron chi connectivity index (χ0n) is 16.4. The van der Waals surface area contributed by atoms with Crippen molar-refractivity contribution < 1.29 is 34.8 Å². The van der Waals surface area contributed by atoms with Crippen molar-refractivity contribution in [2.45, 2.75) is 30.2 Å². The highest BCUT2D eigenvalue weighted by atomic mass is 16.3. The summed E-state index contributed by atoms with van der Waals surface area (Å²) in [4.78, 5) is 40.0. The number of rotatable bonds is 2. The van der Waals surface area contributed by atoms with Crippen LogP contribution in [0, 0.1) is 11.8 Å². The van der Waals surface area contributed by atoms with Crippen LogP contribution in [0.5, 0.6) is 5.75 Å². The number of phenols is 1. The lowest BCUT2D eigenvalue weighted by Gasteiger charge is -2.53. The number of primary amides is 1. The predicted molar refractivity (Wildman–Crippen MR) is 104 cm³/mol. The monoisotopic (exact) mass is 417 g/mol. The van der Waals surface area contributed by atoms with E-state index in [2.05, 4.69) is 5.32 Å². The Bertz CT molecular complexity index is 1000. The molecule has 2 saturated carbocycles. The number of phenolic OH excluding ortho intramolecular Hbond substituents is 1. The van der Waals surface area contributed by atoms with Gasteiger partial charge in [0.1, 0.15) is 17.4 Å². The van der Waals surface area contributed by atoms with Crippen LogP contribution in [0.3, 0.4) is 0 Å². The average molecular weight is 417 g/mol. The van der Waals surface area contributed by atoms with Gasteiger partial charge in [0.15, 0.2) is 11.4 Å². The number of fused-ring (bicyclic) bond motifs is 3. The SMILES string of the molecule is CN(C)[C@@H]1C(O)C(C(N)=O)C(=O)[C@@]2(O)C(=O)C3=C(O)c4c(O)cccc4N[C@H]3C[C@@H]12. The third kappa shape index (κ3) is 2.44. The van der Waals surface area contributed by atoms with Gasteiger partial charge in [-0.05, 0) is 32.6 Å². The number of nitrogens with two attached hydrogens (primary N) is 1. The Morgan fingerprint density at radius 3 is 2.53 bits per heavy atom. The molecule has 160 valence electrons. The van der Waals surface area contributed by atoms with Crippen molar-refractivity contribution >= 4 is 28.9 Å². The number of carbonyl (C=O) groups is 3. The van der Waals surface area contributed by atoms with Gasteiger partial charge in [0.2, 0.25) is 11.7 Å². The first-order valence-electron chi connectivity index (χ1n) is 9.49. The molecule has 7 N–H and O–H groups in total. The van der Waals surface area contributed by atoms with Gasteiger partial charge in [-0.1, -0.05) is 6.07 Å².